The lowest BCUT2D eigenvalue weighted by Gasteiger charge is -2.16. The van der Waals surface area contributed by atoms with Gasteiger partial charge in [-0.25, -0.2) is 13.1 Å². The summed E-state index contributed by atoms with van der Waals surface area (Å²) in [6.07, 6.45) is 0.150. The van der Waals surface area contributed by atoms with Crippen LogP contribution < -0.4 is 15.8 Å². The molecule has 0 aliphatic heterocycles. The van der Waals surface area contributed by atoms with E-state index in [-0.39, 0.29) is 24.3 Å². The minimum atomic E-state index is -3.72. The van der Waals surface area contributed by atoms with E-state index in [1.165, 1.54) is 12.1 Å². The van der Waals surface area contributed by atoms with Gasteiger partial charge in [-0.2, -0.15) is 0 Å². The Morgan fingerprint density at radius 2 is 1.78 bits per heavy atom. The van der Waals surface area contributed by atoms with E-state index in [1.807, 2.05) is 30.3 Å². The van der Waals surface area contributed by atoms with Crippen molar-refractivity contribution < 1.29 is 18.0 Å². The third-order valence-electron chi connectivity index (χ3n) is 3.71. The standard InChI is InChI=1S/C18H20BrN3O4S/c19-14-7-4-8-15(12-14)27(25,26)21-10-9-17(23)22-16(18(20)24)11-13-5-2-1-3-6-13/h1-8,12,16,21H,9-11H2,(H2,20,24)(H,22,23). The molecule has 144 valence electrons. The van der Waals surface area contributed by atoms with Crippen LogP contribution in [0.2, 0.25) is 0 Å². The third-order valence-corrected chi connectivity index (χ3v) is 5.66. The fourth-order valence-corrected chi connectivity index (χ4v) is 3.98. The number of amides is 2. The maximum Gasteiger partial charge on any atom is 0.240 e. The van der Waals surface area contributed by atoms with E-state index in [1.54, 1.807) is 12.1 Å². The van der Waals surface area contributed by atoms with Crippen LogP contribution in [-0.2, 0) is 26.0 Å². The van der Waals surface area contributed by atoms with Crippen LogP contribution in [0.4, 0.5) is 0 Å². The summed E-state index contributed by atoms with van der Waals surface area (Å²) in [6, 6.07) is 14.5. The average Bonchev–Trinajstić information content (AvgIpc) is 2.62. The summed E-state index contributed by atoms with van der Waals surface area (Å²) in [7, 11) is -3.72. The van der Waals surface area contributed by atoms with Gasteiger partial charge in [0.15, 0.2) is 0 Å². The number of benzene rings is 2. The summed E-state index contributed by atoms with van der Waals surface area (Å²) in [5.41, 5.74) is 6.21. The Morgan fingerprint density at radius 3 is 2.41 bits per heavy atom. The molecule has 1 atom stereocenters. The highest BCUT2D eigenvalue weighted by Gasteiger charge is 2.19. The van der Waals surface area contributed by atoms with Crippen molar-refractivity contribution in [3.05, 3.63) is 64.6 Å². The van der Waals surface area contributed by atoms with E-state index in [4.69, 9.17) is 5.73 Å². The fourth-order valence-electron chi connectivity index (χ4n) is 2.36. The first-order valence-corrected chi connectivity index (χ1v) is 10.4. The zero-order chi connectivity index (χ0) is 19.9. The molecule has 0 saturated carbocycles. The molecule has 9 heteroatoms. The molecule has 0 aromatic heterocycles. The monoisotopic (exact) mass is 453 g/mol. The molecule has 1 unspecified atom stereocenters. The Bertz CT molecular complexity index is 904. The van der Waals surface area contributed by atoms with Gasteiger partial charge < -0.3 is 11.1 Å². The number of carbonyl (C=O) groups is 2. The molecule has 7 nitrogen and oxygen atoms in total. The summed E-state index contributed by atoms with van der Waals surface area (Å²) in [5, 5.41) is 2.54. The molecule has 2 aromatic rings. The van der Waals surface area contributed by atoms with Crippen LogP contribution >= 0.6 is 15.9 Å². The maximum atomic E-state index is 12.2. The Balaban J connectivity index is 1.88. The summed E-state index contributed by atoms with van der Waals surface area (Å²) >= 11 is 3.21. The number of hydrogen-bond acceptors (Lipinski definition) is 4. The number of rotatable bonds is 9. The van der Waals surface area contributed by atoms with Crippen molar-refractivity contribution in [2.24, 2.45) is 5.73 Å². The second-order valence-corrected chi connectivity index (χ2v) is 8.50. The lowest BCUT2D eigenvalue weighted by molar-refractivity contribution is -0.127. The fraction of sp³-hybridized carbons (Fsp3) is 0.222. The molecular weight excluding hydrogens is 434 g/mol. The van der Waals surface area contributed by atoms with E-state index < -0.39 is 27.9 Å². The first kappa shape index (κ1) is 21.1. The van der Waals surface area contributed by atoms with E-state index >= 15 is 0 Å². The van der Waals surface area contributed by atoms with Crippen molar-refractivity contribution in [3.63, 3.8) is 0 Å². The zero-order valence-electron chi connectivity index (χ0n) is 14.4. The second-order valence-electron chi connectivity index (χ2n) is 5.82. The predicted molar refractivity (Wildman–Crippen MR) is 105 cm³/mol. The highest BCUT2D eigenvalue weighted by atomic mass is 79.9. The number of hydrogen-bond donors (Lipinski definition) is 3. The molecule has 2 rings (SSSR count). The average molecular weight is 454 g/mol. The highest BCUT2D eigenvalue weighted by molar-refractivity contribution is 9.10. The topological polar surface area (TPSA) is 118 Å². The van der Waals surface area contributed by atoms with Crippen LogP contribution in [-0.4, -0.2) is 32.8 Å². The zero-order valence-corrected chi connectivity index (χ0v) is 16.8. The largest absolute Gasteiger partial charge is 0.368 e. The van der Waals surface area contributed by atoms with Crippen molar-refractivity contribution in [1.29, 1.82) is 0 Å². The molecule has 2 amide bonds. The first-order valence-electron chi connectivity index (χ1n) is 8.16. The van der Waals surface area contributed by atoms with Gasteiger partial charge in [0.1, 0.15) is 6.04 Å². The Kier molecular flexibility index (Phi) is 7.52. The van der Waals surface area contributed by atoms with E-state index in [2.05, 4.69) is 26.0 Å². The molecule has 0 radical (unpaired) electrons. The second kappa shape index (κ2) is 9.63. The van der Waals surface area contributed by atoms with Gasteiger partial charge in [-0.3, -0.25) is 9.59 Å². The van der Waals surface area contributed by atoms with E-state index in [9.17, 15) is 18.0 Å². The number of sulfonamides is 1. The smallest absolute Gasteiger partial charge is 0.240 e. The molecule has 0 heterocycles. The van der Waals surface area contributed by atoms with Crippen LogP contribution in [0.25, 0.3) is 0 Å². The number of primary amides is 1. The summed E-state index contributed by atoms with van der Waals surface area (Å²) in [4.78, 5) is 23.7. The van der Waals surface area contributed by atoms with Crippen molar-refractivity contribution >= 4 is 37.8 Å². The van der Waals surface area contributed by atoms with Crippen LogP contribution in [0.15, 0.2) is 64.0 Å². The highest BCUT2D eigenvalue weighted by Crippen LogP contribution is 2.15. The molecule has 0 spiro atoms. The molecule has 0 aliphatic rings. The molecule has 27 heavy (non-hydrogen) atoms. The lowest BCUT2D eigenvalue weighted by Crippen LogP contribution is -2.46. The van der Waals surface area contributed by atoms with Crippen LogP contribution in [0.5, 0.6) is 0 Å². The molecular formula is C18H20BrN3O4S. The first-order chi connectivity index (χ1) is 12.8. The quantitative estimate of drug-likeness (QED) is 0.530. The van der Waals surface area contributed by atoms with Gasteiger partial charge in [0.05, 0.1) is 4.90 Å². The summed E-state index contributed by atoms with van der Waals surface area (Å²) in [6.45, 7) is -0.0997. The normalized spacial score (nSPS) is 12.3. The van der Waals surface area contributed by atoms with Gasteiger partial charge in [-0.05, 0) is 23.8 Å². The molecule has 4 N–H and O–H groups in total. The Morgan fingerprint density at radius 1 is 1.07 bits per heavy atom. The van der Waals surface area contributed by atoms with Gasteiger partial charge >= 0.3 is 0 Å². The van der Waals surface area contributed by atoms with Crippen LogP contribution in [0.1, 0.15) is 12.0 Å². The van der Waals surface area contributed by atoms with Crippen molar-refractivity contribution in [2.75, 3.05) is 6.54 Å². The van der Waals surface area contributed by atoms with Crippen molar-refractivity contribution in [2.45, 2.75) is 23.8 Å². The third kappa shape index (κ3) is 6.78. The Hall–Kier alpha value is -2.23. The van der Waals surface area contributed by atoms with E-state index in [0.717, 1.165) is 5.56 Å². The summed E-state index contributed by atoms with van der Waals surface area (Å²) in [5.74, 6) is -1.12. The number of nitrogens with two attached hydrogens (primary N) is 1. The van der Waals surface area contributed by atoms with E-state index in [0.29, 0.717) is 4.47 Å². The molecule has 2 aromatic carbocycles. The van der Waals surface area contributed by atoms with Crippen molar-refractivity contribution in [1.82, 2.24) is 10.0 Å². The van der Waals surface area contributed by atoms with Gasteiger partial charge in [-0.1, -0.05) is 52.3 Å². The van der Waals surface area contributed by atoms with Gasteiger partial charge in [0, 0.05) is 23.9 Å². The SMILES string of the molecule is NC(=O)C(Cc1ccccc1)NC(=O)CCNS(=O)(=O)c1cccc(Br)c1. The number of halogens is 1. The van der Waals surface area contributed by atoms with Gasteiger partial charge in [0.25, 0.3) is 0 Å². The summed E-state index contributed by atoms with van der Waals surface area (Å²) < 4.78 is 27.4. The molecule has 0 bridgehead atoms. The maximum absolute atomic E-state index is 12.2. The molecule has 0 saturated heterocycles. The van der Waals surface area contributed by atoms with Crippen molar-refractivity contribution in [3.8, 4) is 0 Å². The Labute approximate surface area is 166 Å². The predicted octanol–water partition coefficient (Wildman–Crippen LogP) is 1.33. The minimum Gasteiger partial charge on any atom is -0.368 e. The minimum absolute atomic E-state index is 0.0939. The molecule has 0 aliphatic carbocycles. The lowest BCUT2D eigenvalue weighted by atomic mass is 10.1. The number of carbonyl (C=O) groups excluding carboxylic acids is 2. The van der Waals surface area contributed by atoms with Crippen LogP contribution in [0, 0.1) is 0 Å². The van der Waals surface area contributed by atoms with Gasteiger partial charge in [0.2, 0.25) is 21.8 Å². The molecule has 0 fully saturated rings. The number of nitrogens with one attached hydrogen (secondary N) is 2. The van der Waals surface area contributed by atoms with Crippen LogP contribution in [0.3, 0.4) is 0 Å². The van der Waals surface area contributed by atoms with Gasteiger partial charge in [-0.15, -0.1) is 0 Å².